The first kappa shape index (κ1) is 17.3. The number of hydrogen-bond acceptors (Lipinski definition) is 6. The lowest BCUT2D eigenvalue weighted by atomic mass is 10.1. The van der Waals surface area contributed by atoms with Gasteiger partial charge >= 0.3 is 0 Å². The summed E-state index contributed by atoms with van der Waals surface area (Å²) in [4.78, 5) is 9.96. The van der Waals surface area contributed by atoms with Gasteiger partial charge < -0.3 is 5.43 Å². The van der Waals surface area contributed by atoms with Crippen molar-refractivity contribution < 1.29 is 13.3 Å². The molecule has 8 nitrogen and oxygen atoms in total. The maximum atomic E-state index is 12.3. The zero-order valence-electron chi connectivity index (χ0n) is 12.2. The van der Waals surface area contributed by atoms with Crippen molar-refractivity contribution in [1.29, 1.82) is 0 Å². The van der Waals surface area contributed by atoms with Crippen LogP contribution in [0, 0.1) is 16.0 Å². The number of nitrogens with one attached hydrogen (secondary N) is 2. The van der Waals surface area contributed by atoms with Crippen molar-refractivity contribution in [2.75, 3.05) is 5.43 Å². The Kier molecular flexibility index (Phi) is 5.64. The van der Waals surface area contributed by atoms with E-state index >= 15 is 0 Å². The third kappa shape index (κ3) is 4.66. The molecule has 0 fully saturated rings. The van der Waals surface area contributed by atoms with Gasteiger partial charge in [0.1, 0.15) is 4.90 Å². The third-order valence-corrected chi connectivity index (χ3v) is 4.45. The number of nitrogens with zero attached hydrogens (tertiary/aromatic N) is 1. The number of rotatable bonds is 7. The highest BCUT2D eigenvalue weighted by atomic mass is 32.2. The van der Waals surface area contributed by atoms with Gasteiger partial charge in [0.15, 0.2) is 0 Å². The van der Waals surface area contributed by atoms with Crippen molar-refractivity contribution in [2.45, 2.75) is 38.1 Å². The van der Waals surface area contributed by atoms with Crippen molar-refractivity contribution in [3.63, 3.8) is 0 Å². The van der Waals surface area contributed by atoms with Gasteiger partial charge in [-0.05, 0) is 25.3 Å². The summed E-state index contributed by atoms with van der Waals surface area (Å²) in [5.74, 6) is 5.60. The van der Waals surface area contributed by atoms with Crippen LogP contribution in [0.25, 0.3) is 0 Å². The molecule has 4 N–H and O–H groups in total. The van der Waals surface area contributed by atoms with Gasteiger partial charge in [0.05, 0.1) is 10.6 Å². The number of nitro groups is 1. The van der Waals surface area contributed by atoms with Gasteiger partial charge in [0, 0.05) is 18.2 Å². The standard InChI is InChI=1S/C12H20N4O4S/c1-8(2)6-9(3)15-21(19,20)12-5-4-10(16(17)18)7-11(12)14-13/h4-5,7-9,14-15H,6,13H2,1-3H3. The highest BCUT2D eigenvalue weighted by Gasteiger charge is 2.23. The van der Waals surface area contributed by atoms with Gasteiger partial charge in [-0.1, -0.05) is 13.8 Å². The number of hydrazine groups is 1. The molecule has 1 aromatic carbocycles. The maximum absolute atomic E-state index is 12.3. The van der Waals surface area contributed by atoms with E-state index < -0.39 is 14.9 Å². The molecule has 9 heteroatoms. The number of benzene rings is 1. The summed E-state index contributed by atoms with van der Waals surface area (Å²) in [6, 6.07) is 3.12. The first-order valence-electron chi connectivity index (χ1n) is 6.44. The second-order valence-corrected chi connectivity index (χ2v) is 6.92. The highest BCUT2D eigenvalue weighted by Crippen LogP contribution is 2.26. The van der Waals surface area contributed by atoms with Gasteiger partial charge in [-0.3, -0.25) is 16.0 Å². The molecule has 118 valence electrons. The van der Waals surface area contributed by atoms with E-state index in [4.69, 9.17) is 5.84 Å². The van der Waals surface area contributed by atoms with Crippen molar-refractivity contribution in [3.05, 3.63) is 28.3 Å². The van der Waals surface area contributed by atoms with Crippen LogP contribution >= 0.6 is 0 Å². The SMILES string of the molecule is CC(C)CC(C)NS(=O)(=O)c1ccc([N+](=O)[O-])cc1NN. The lowest BCUT2D eigenvalue weighted by Gasteiger charge is -2.17. The largest absolute Gasteiger partial charge is 0.323 e. The maximum Gasteiger partial charge on any atom is 0.271 e. The van der Waals surface area contributed by atoms with Crippen LogP contribution in [0.1, 0.15) is 27.2 Å². The molecular weight excluding hydrogens is 296 g/mol. The van der Waals surface area contributed by atoms with Crippen LogP contribution < -0.4 is 16.0 Å². The Morgan fingerprint density at radius 3 is 2.43 bits per heavy atom. The van der Waals surface area contributed by atoms with Crippen LogP contribution in [0.2, 0.25) is 0 Å². The normalized spacial score (nSPS) is 13.2. The minimum absolute atomic E-state index is 0.0200. The summed E-state index contributed by atoms with van der Waals surface area (Å²) < 4.78 is 27.2. The fourth-order valence-electron chi connectivity index (χ4n) is 2.06. The Bertz CT molecular complexity index is 616. The second kappa shape index (κ2) is 6.83. The number of nitrogen functional groups attached to an aromatic ring is 1. The molecule has 0 saturated carbocycles. The number of hydrogen-bond donors (Lipinski definition) is 3. The monoisotopic (exact) mass is 316 g/mol. The number of nitrogens with two attached hydrogens (primary N) is 1. The lowest BCUT2D eigenvalue weighted by Crippen LogP contribution is -2.34. The van der Waals surface area contributed by atoms with Gasteiger partial charge in [0.2, 0.25) is 10.0 Å². The second-order valence-electron chi connectivity index (χ2n) is 5.23. The summed E-state index contributed by atoms with van der Waals surface area (Å²) in [7, 11) is -3.81. The number of nitro benzene ring substituents is 1. The Labute approximate surface area is 123 Å². The number of non-ortho nitro benzene ring substituents is 1. The molecule has 1 aromatic rings. The van der Waals surface area contributed by atoms with Gasteiger partial charge in [-0.2, -0.15) is 0 Å². The van der Waals surface area contributed by atoms with E-state index in [0.717, 1.165) is 18.2 Å². The van der Waals surface area contributed by atoms with Gasteiger partial charge in [0.25, 0.3) is 5.69 Å². The molecule has 0 aliphatic carbocycles. The van der Waals surface area contributed by atoms with E-state index in [2.05, 4.69) is 10.1 Å². The lowest BCUT2D eigenvalue weighted by molar-refractivity contribution is -0.384. The van der Waals surface area contributed by atoms with Crippen LogP contribution in [0.5, 0.6) is 0 Å². The fraction of sp³-hybridized carbons (Fsp3) is 0.500. The smallest absolute Gasteiger partial charge is 0.271 e. The molecule has 0 aliphatic rings. The van der Waals surface area contributed by atoms with E-state index in [9.17, 15) is 18.5 Å². The van der Waals surface area contributed by atoms with E-state index in [0.29, 0.717) is 12.3 Å². The Morgan fingerprint density at radius 2 is 1.95 bits per heavy atom. The zero-order chi connectivity index (χ0) is 16.2. The molecular formula is C12H20N4O4S. The zero-order valence-corrected chi connectivity index (χ0v) is 13.0. The summed E-state index contributed by atoms with van der Waals surface area (Å²) in [6.45, 7) is 5.74. The highest BCUT2D eigenvalue weighted by molar-refractivity contribution is 7.89. The van der Waals surface area contributed by atoms with Crippen molar-refractivity contribution in [3.8, 4) is 0 Å². The molecule has 21 heavy (non-hydrogen) atoms. The Morgan fingerprint density at radius 1 is 1.33 bits per heavy atom. The summed E-state index contributed by atoms with van der Waals surface area (Å²) >= 11 is 0. The minimum Gasteiger partial charge on any atom is -0.323 e. The molecule has 0 spiro atoms. The minimum atomic E-state index is -3.81. The van der Waals surface area contributed by atoms with Gasteiger partial charge in [-0.15, -0.1) is 0 Å². The topological polar surface area (TPSA) is 127 Å². The van der Waals surface area contributed by atoms with Crippen molar-refractivity contribution in [2.24, 2.45) is 11.8 Å². The average molecular weight is 316 g/mol. The molecule has 0 radical (unpaired) electrons. The summed E-state index contributed by atoms with van der Waals surface area (Å²) in [5.41, 5.74) is 1.93. The van der Waals surface area contributed by atoms with Crippen LogP contribution in [0.3, 0.4) is 0 Å². The predicted octanol–water partition coefficient (Wildman–Crippen LogP) is 1.59. The van der Waals surface area contributed by atoms with Crippen molar-refractivity contribution >= 4 is 21.4 Å². The van der Waals surface area contributed by atoms with Crippen LogP contribution in [0.15, 0.2) is 23.1 Å². The fourth-order valence-corrected chi connectivity index (χ4v) is 3.47. The Balaban J connectivity index is 3.10. The van der Waals surface area contributed by atoms with E-state index in [-0.39, 0.29) is 22.3 Å². The van der Waals surface area contributed by atoms with Gasteiger partial charge in [-0.25, -0.2) is 13.1 Å². The van der Waals surface area contributed by atoms with Crippen LogP contribution in [0.4, 0.5) is 11.4 Å². The Hall–Kier alpha value is -1.71. The molecule has 0 heterocycles. The molecule has 1 atom stereocenters. The van der Waals surface area contributed by atoms with E-state index in [1.807, 2.05) is 13.8 Å². The van der Waals surface area contributed by atoms with Crippen LogP contribution in [-0.2, 0) is 10.0 Å². The predicted molar refractivity (Wildman–Crippen MR) is 80.1 cm³/mol. The van der Waals surface area contributed by atoms with E-state index in [1.165, 1.54) is 0 Å². The first-order valence-corrected chi connectivity index (χ1v) is 7.93. The molecule has 0 bridgehead atoms. The number of anilines is 1. The third-order valence-electron chi connectivity index (χ3n) is 2.80. The average Bonchev–Trinajstić information content (AvgIpc) is 2.35. The molecule has 1 unspecified atom stereocenters. The van der Waals surface area contributed by atoms with E-state index in [1.54, 1.807) is 6.92 Å². The number of sulfonamides is 1. The molecule has 0 aromatic heterocycles. The summed E-state index contributed by atoms with van der Waals surface area (Å²) in [6.07, 6.45) is 0.678. The molecule has 0 amide bonds. The summed E-state index contributed by atoms with van der Waals surface area (Å²) in [5, 5.41) is 10.7. The quantitative estimate of drug-likeness (QED) is 0.398. The molecule has 0 aliphatic heterocycles. The molecule has 0 saturated heterocycles. The van der Waals surface area contributed by atoms with Crippen LogP contribution in [-0.4, -0.2) is 19.4 Å². The molecule has 1 rings (SSSR count). The first-order chi connectivity index (χ1) is 9.67. The van der Waals surface area contributed by atoms with Crippen molar-refractivity contribution in [1.82, 2.24) is 4.72 Å².